The number of nitrogens with zero attached hydrogens (tertiary/aromatic N) is 2. The van der Waals surface area contributed by atoms with Gasteiger partial charge < -0.3 is 19.3 Å². The van der Waals surface area contributed by atoms with Crippen molar-refractivity contribution in [3.63, 3.8) is 0 Å². The lowest BCUT2D eigenvalue weighted by Crippen LogP contribution is -2.32. The first-order valence-corrected chi connectivity index (χ1v) is 23.6. The molecule has 1 aliphatic carbocycles. The molecule has 7 aromatic carbocycles. The second kappa shape index (κ2) is 17.3. The van der Waals surface area contributed by atoms with Gasteiger partial charge in [0.05, 0.1) is 12.2 Å². The summed E-state index contributed by atoms with van der Waals surface area (Å²) < 4.78 is 4.87. The van der Waals surface area contributed by atoms with Gasteiger partial charge in [0.15, 0.2) is 0 Å². The van der Waals surface area contributed by atoms with Crippen LogP contribution in [-0.4, -0.2) is 31.6 Å². The molecule has 9 aromatic rings. The molecule has 0 saturated heterocycles. The lowest BCUT2D eigenvalue weighted by molar-refractivity contribution is 0.0713. The Morgan fingerprint density at radius 1 is 0.492 bits per heavy atom. The molecule has 3 unspecified atom stereocenters. The van der Waals surface area contributed by atoms with Crippen LogP contribution >= 0.6 is 0 Å². The Labute approximate surface area is 372 Å². The van der Waals surface area contributed by atoms with Crippen LogP contribution in [0.1, 0.15) is 95.2 Å². The second-order valence-corrected chi connectivity index (χ2v) is 18.4. The Morgan fingerprint density at radius 2 is 0.984 bits per heavy atom. The maximum absolute atomic E-state index is 11.9. The van der Waals surface area contributed by atoms with E-state index in [9.17, 15) is 10.2 Å². The van der Waals surface area contributed by atoms with E-state index in [2.05, 4.69) is 175 Å². The number of hydrogen-bond donors (Lipinski definition) is 2. The van der Waals surface area contributed by atoms with E-state index in [1.165, 1.54) is 126 Å². The molecule has 0 spiro atoms. The Kier molecular flexibility index (Phi) is 11.3. The number of rotatable bonds is 16. The predicted octanol–water partition coefficient (Wildman–Crippen LogP) is 14.8. The van der Waals surface area contributed by atoms with Crippen molar-refractivity contribution in [3.8, 4) is 33.4 Å². The minimum Gasteiger partial charge on any atom is -0.393 e. The summed E-state index contributed by atoms with van der Waals surface area (Å²) in [7, 11) is 0. The number of para-hydroxylation sites is 2. The van der Waals surface area contributed by atoms with E-state index in [1.807, 2.05) is 0 Å². The lowest BCUT2D eigenvalue weighted by atomic mass is 9.69. The van der Waals surface area contributed by atoms with Gasteiger partial charge in [0.1, 0.15) is 0 Å². The van der Waals surface area contributed by atoms with Crippen LogP contribution in [0.4, 0.5) is 0 Å². The smallest absolute Gasteiger partial charge is 0.0576 e. The zero-order chi connectivity index (χ0) is 43.1. The van der Waals surface area contributed by atoms with Gasteiger partial charge in [0.25, 0.3) is 0 Å². The van der Waals surface area contributed by atoms with Crippen LogP contribution in [0.3, 0.4) is 0 Å². The quantitative estimate of drug-likeness (QED) is 0.0953. The van der Waals surface area contributed by atoms with E-state index in [4.69, 9.17) is 0 Å². The fourth-order valence-corrected chi connectivity index (χ4v) is 11.3. The first-order valence-electron chi connectivity index (χ1n) is 23.6. The van der Waals surface area contributed by atoms with Crippen molar-refractivity contribution < 1.29 is 10.2 Å². The molecule has 0 bridgehead atoms. The van der Waals surface area contributed by atoms with Crippen molar-refractivity contribution in [3.05, 3.63) is 168 Å². The van der Waals surface area contributed by atoms with Crippen molar-refractivity contribution in [1.29, 1.82) is 0 Å². The molecular formula is C59H60N2O2. The molecule has 4 heteroatoms. The van der Waals surface area contributed by atoms with Gasteiger partial charge in [-0.2, -0.15) is 0 Å². The summed E-state index contributed by atoms with van der Waals surface area (Å²) in [6.45, 7) is 8.04. The number of fused-ring (bicyclic) bond motifs is 9. The minimum absolute atomic E-state index is 0.351. The van der Waals surface area contributed by atoms with Gasteiger partial charge in [-0.15, -0.1) is 0 Å². The molecule has 4 nitrogen and oxygen atoms in total. The lowest BCUT2D eigenvalue weighted by Gasteiger charge is -2.35. The van der Waals surface area contributed by atoms with E-state index in [1.54, 1.807) is 6.92 Å². The fraction of sp³-hybridized carbons (Fsp3) is 0.288. The van der Waals surface area contributed by atoms with E-state index in [0.717, 1.165) is 25.9 Å². The van der Waals surface area contributed by atoms with E-state index >= 15 is 0 Å². The maximum Gasteiger partial charge on any atom is 0.0576 e. The Balaban J connectivity index is 1.11. The molecule has 318 valence electrons. The molecular weight excluding hydrogens is 769 g/mol. The van der Waals surface area contributed by atoms with Crippen molar-refractivity contribution in [1.82, 2.24) is 9.13 Å². The third-order valence-corrected chi connectivity index (χ3v) is 14.2. The average molecular weight is 829 g/mol. The molecule has 0 saturated carbocycles. The molecule has 0 fully saturated rings. The number of hydrogen-bond acceptors (Lipinski definition) is 2. The van der Waals surface area contributed by atoms with Crippen molar-refractivity contribution in [2.45, 2.75) is 109 Å². The van der Waals surface area contributed by atoms with Crippen LogP contribution < -0.4 is 0 Å². The van der Waals surface area contributed by atoms with E-state index in [0.29, 0.717) is 12.8 Å². The molecule has 2 aromatic heterocycles. The van der Waals surface area contributed by atoms with Crippen molar-refractivity contribution in [2.75, 3.05) is 0 Å². The minimum atomic E-state index is -0.653. The molecule has 10 rings (SSSR count). The maximum atomic E-state index is 11.9. The average Bonchev–Trinajstić information content (AvgIpc) is 3.90. The Bertz CT molecular complexity index is 3080. The summed E-state index contributed by atoms with van der Waals surface area (Å²) in [6, 6.07) is 56.5. The standard InChI is InChI=1S/C59H60N2O2/c1-4-6-7-8-9-17-32-59(38-46(63)33-40(3)62)53-36-44(42-26-30-57-51(34-42)49-20-13-15-22-55(49)60(57)5-2)24-28-47(53)48-29-25-45(37-54(48)59)43-27-31-58-52(35-43)50-21-14-16-23-56(50)61(58)39-41-18-11-10-12-19-41/h10-16,18-31,34-37,40,46,62-63H,4-9,17,32-33,38-39H2,1-3H3. The number of aryl methyl sites for hydroxylation is 1. The number of aliphatic hydroxyl groups excluding tert-OH is 2. The van der Waals surface area contributed by atoms with Crippen LogP contribution in [0, 0.1) is 0 Å². The highest BCUT2D eigenvalue weighted by Crippen LogP contribution is 2.56. The summed E-state index contributed by atoms with van der Waals surface area (Å²) >= 11 is 0. The largest absolute Gasteiger partial charge is 0.393 e. The van der Waals surface area contributed by atoms with E-state index in [-0.39, 0.29) is 0 Å². The first kappa shape index (κ1) is 41.1. The molecule has 1 aliphatic rings. The molecule has 2 N–H and O–H groups in total. The topological polar surface area (TPSA) is 50.3 Å². The Morgan fingerprint density at radius 3 is 1.57 bits per heavy atom. The molecule has 0 radical (unpaired) electrons. The normalized spacial score (nSPS) is 15.7. The third kappa shape index (κ3) is 7.47. The molecule has 63 heavy (non-hydrogen) atoms. The van der Waals surface area contributed by atoms with Gasteiger partial charge in [0.2, 0.25) is 0 Å². The third-order valence-electron chi connectivity index (χ3n) is 14.2. The Hall–Kier alpha value is -5.94. The van der Waals surface area contributed by atoms with Gasteiger partial charge in [-0.1, -0.05) is 149 Å². The zero-order valence-corrected chi connectivity index (χ0v) is 37.2. The van der Waals surface area contributed by atoms with Gasteiger partial charge >= 0.3 is 0 Å². The van der Waals surface area contributed by atoms with Crippen LogP contribution in [0.5, 0.6) is 0 Å². The molecule has 0 amide bonds. The number of unbranched alkanes of at least 4 members (excludes halogenated alkanes) is 5. The summed E-state index contributed by atoms with van der Waals surface area (Å²) in [6.07, 6.45) is 7.85. The van der Waals surface area contributed by atoms with Crippen LogP contribution in [0.25, 0.3) is 77.0 Å². The van der Waals surface area contributed by atoms with Gasteiger partial charge in [0, 0.05) is 62.1 Å². The summed E-state index contributed by atoms with van der Waals surface area (Å²) in [5.41, 5.74) is 15.8. The van der Waals surface area contributed by atoms with Crippen molar-refractivity contribution >= 4 is 43.6 Å². The van der Waals surface area contributed by atoms with Gasteiger partial charge in [-0.05, 0) is 132 Å². The van der Waals surface area contributed by atoms with Crippen LogP contribution in [0.15, 0.2) is 152 Å². The molecule has 3 atom stereocenters. The van der Waals surface area contributed by atoms with Crippen LogP contribution in [-0.2, 0) is 18.5 Å². The van der Waals surface area contributed by atoms with Gasteiger partial charge in [-0.3, -0.25) is 0 Å². The molecule has 2 heterocycles. The van der Waals surface area contributed by atoms with Crippen molar-refractivity contribution in [2.24, 2.45) is 0 Å². The number of benzene rings is 7. The predicted molar refractivity (Wildman–Crippen MR) is 266 cm³/mol. The fourth-order valence-electron chi connectivity index (χ4n) is 11.3. The monoisotopic (exact) mass is 828 g/mol. The van der Waals surface area contributed by atoms with Crippen LogP contribution in [0.2, 0.25) is 0 Å². The number of aromatic nitrogens is 2. The van der Waals surface area contributed by atoms with E-state index < -0.39 is 17.6 Å². The summed E-state index contributed by atoms with van der Waals surface area (Å²) in [4.78, 5) is 0. The summed E-state index contributed by atoms with van der Waals surface area (Å²) in [5, 5.41) is 27.7. The highest BCUT2D eigenvalue weighted by atomic mass is 16.3. The number of aliphatic hydroxyl groups is 2. The highest BCUT2D eigenvalue weighted by Gasteiger charge is 2.44. The van der Waals surface area contributed by atoms with Gasteiger partial charge in [-0.25, -0.2) is 0 Å². The SMILES string of the molecule is CCCCCCCCC1(CC(O)CC(C)O)c2cc(-c3ccc4c(c3)c3ccccc3n4CC)ccc2-c2ccc(-c3ccc4c(c3)c3ccccc3n4Cc3ccccc3)cc21. The second-order valence-electron chi connectivity index (χ2n) is 18.4. The summed E-state index contributed by atoms with van der Waals surface area (Å²) in [5.74, 6) is 0. The first-order chi connectivity index (χ1) is 30.9. The highest BCUT2D eigenvalue weighted by molar-refractivity contribution is 6.10. The zero-order valence-electron chi connectivity index (χ0n) is 37.2. The molecule has 0 aliphatic heterocycles.